The van der Waals surface area contributed by atoms with E-state index in [4.69, 9.17) is 0 Å². The molecule has 2 rings (SSSR count). The van der Waals surface area contributed by atoms with Crippen LogP contribution < -0.4 is 5.32 Å². The molecular formula is C10H15N3O2S. The summed E-state index contributed by atoms with van der Waals surface area (Å²) >= 11 is 1.11. The third kappa shape index (κ3) is 2.49. The van der Waals surface area contributed by atoms with Crippen molar-refractivity contribution >= 4 is 21.5 Å². The molecule has 88 valence electrons. The number of nitrogens with zero attached hydrogens (tertiary/aromatic N) is 2. The van der Waals surface area contributed by atoms with E-state index in [0.29, 0.717) is 17.1 Å². The van der Waals surface area contributed by atoms with Crippen molar-refractivity contribution < 1.29 is 4.92 Å². The summed E-state index contributed by atoms with van der Waals surface area (Å²) < 4.78 is 0. The van der Waals surface area contributed by atoms with E-state index in [2.05, 4.69) is 17.2 Å². The van der Waals surface area contributed by atoms with Gasteiger partial charge in [-0.3, -0.25) is 10.1 Å². The van der Waals surface area contributed by atoms with E-state index in [-0.39, 0.29) is 5.00 Å². The van der Waals surface area contributed by atoms with Crippen LogP contribution in [0.15, 0.2) is 6.20 Å². The first-order chi connectivity index (χ1) is 7.66. The van der Waals surface area contributed by atoms with Crippen molar-refractivity contribution in [2.45, 2.75) is 38.6 Å². The quantitative estimate of drug-likeness (QED) is 0.649. The lowest BCUT2D eigenvalue weighted by Gasteiger charge is -2.19. The highest BCUT2D eigenvalue weighted by Gasteiger charge is 2.22. The van der Waals surface area contributed by atoms with Gasteiger partial charge < -0.3 is 5.32 Å². The zero-order valence-electron chi connectivity index (χ0n) is 9.18. The second-order valence-corrected chi connectivity index (χ2v) is 5.25. The molecule has 1 aliphatic carbocycles. The molecule has 1 N–H and O–H groups in total. The zero-order chi connectivity index (χ0) is 11.5. The molecule has 1 fully saturated rings. The third-order valence-electron chi connectivity index (χ3n) is 3.13. The Morgan fingerprint density at radius 3 is 2.88 bits per heavy atom. The SMILES string of the molecule is CC(Nc1ncc([N+](=O)[O-])s1)C1CCCC1. The Morgan fingerprint density at radius 2 is 2.31 bits per heavy atom. The number of rotatable bonds is 4. The maximum Gasteiger partial charge on any atom is 0.345 e. The van der Waals surface area contributed by atoms with Gasteiger partial charge in [0.2, 0.25) is 0 Å². The zero-order valence-corrected chi connectivity index (χ0v) is 10.00. The van der Waals surface area contributed by atoms with Crippen LogP contribution in [0.1, 0.15) is 32.6 Å². The number of nitrogens with one attached hydrogen (secondary N) is 1. The number of thiazole rings is 1. The summed E-state index contributed by atoms with van der Waals surface area (Å²) in [6, 6.07) is 0.355. The third-order valence-corrected chi connectivity index (χ3v) is 4.01. The summed E-state index contributed by atoms with van der Waals surface area (Å²) in [5.41, 5.74) is 0. The van der Waals surface area contributed by atoms with Gasteiger partial charge in [0.05, 0.1) is 4.92 Å². The summed E-state index contributed by atoms with van der Waals surface area (Å²) in [5, 5.41) is 14.5. The highest BCUT2D eigenvalue weighted by Crippen LogP contribution is 2.31. The van der Waals surface area contributed by atoms with Crippen molar-refractivity contribution in [1.82, 2.24) is 4.98 Å². The molecular weight excluding hydrogens is 226 g/mol. The van der Waals surface area contributed by atoms with Gasteiger partial charge in [0.25, 0.3) is 0 Å². The Bertz CT molecular complexity index is 374. The average Bonchev–Trinajstić information content (AvgIpc) is 2.87. The van der Waals surface area contributed by atoms with Crippen molar-refractivity contribution in [2.24, 2.45) is 5.92 Å². The van der Waals surface area contributed by atoms with Crippen molar-refractivity contribution in [3.05, 3.63) is 16.3 Å². The fourth-order valence-electron chi connectivity index (χ4n) is 2.19. The van der Waals surface area contributed by atoms with E-state index in [1.165, 1.54) is 31.9 Å². The van der Waals surface area contributed by atoms with E-state index in [0.717, 1.165) is 11.3 Å². The number of hydrogen-bond acceptors (Lipinski definition) is 5. The Morgan fingerprint density at radius 1 is 1.62 bits per heavy atom. The summed E-state index contributed by atoms with van der Waals surface area (Å²) in [5.74, 6) is 0.683. The minimum Gasteiger partial charge on any atom is -0.359 e. The molecule has 0 aliphatic heterocycles. The van der Waals surface area contributed by atoms with Crippen LogP contribution in [0, 0.1) is 16.0 Å². The van der Waals surface area contributed by atoms with Gasteiger partial charge in [0.15, 0.2) is 5.13 Å². The summed E-state index contributed by atoms with van der Waals surface area (Å²) in [7, 11) is 0. The predicted octanol–water partition coefficient (Wildman–Crippen LogP) is 3.04. The maximum atomic E-state index is 10.5. The van der Waals surface area contributed by atoms with Crippen LogP contribution in [0.4, 0.5) is 10.1 Å². The molecule has 1 aromatic heterocycles. The van der Waals surface area contributed by atoms with Crippen LogP contribution in [-0.2, 0) is 0 Å². The first kappa shape index (κ1) is 11.3. The van der Waals surface area contributed by atoms with E-state index < -0.39 is 4.92 Å². The Hall–Kier alpha value is -1.17. The molecule has 0 radical (unpaired) electrons. The van der Waals surface area contributed by atoms with Crippen LogP contribution in [0.5, 0.6) is 0 Å². The largest absolute Gasteiger partial charge is 0.359 e. The molecule has 5 nitrogen and oxygen atoms in total. The fraction of sp³-hybridized carbons (Fsp3) is 0.700. The predicted molar refractivity (Wildman–Crippen MR) is 63.8 cm³/mol. The minimum absolute atomic E-state index is 0.0983. The van der Waals surface area contributed by atoms with E-state index >= 15 is 0 Å². The van der Waals surface area contributed by atoms with Crippen molar-refractivity contribution in [2.75, 3.05) is 5.32 Å². The molecule has 1 heterocycles. The summed E-state index contributed by atoms with van der Waals surface area (Å²) in [6.45, 7) is 2.13. The number of nitro groups is 1. The molecule has 1 saturated carbocycles. The van der Waals surface area contributed by atoms with Gasteiger partial charge in [-0.15, -0.1) is 0 Å². The molecule has 0 amide bonds. The van der Waals surface area contributed by atoms with Crippen LogP contribution in [0.3, 0.4) is 0 Å². The van der Waals surface area contributed by atoms with Crippen LogP contribution in [0.25, 0.3) is 0 Å². The van der Waals surface area contributed by atoms with E-state index in [1.807, 2.05) is 0 Å². The highest BCUT2D eigenvalue weighted by atomic mass is 32.1. The molecule has 0 saturated heterocycles. The van der Waals surface area contributed by atoms with Gasteiger partial charge in [0.1, 0.15) is 6.20 Å². The molecule has 1 atom stereocenters. The first-order valence-corrected chi connectivity index (χ1v) is 6.35. The second kappa shape index (κ2) is 4.78. The van der Waals surface area contributed by atoms with Gasteiger partial charge in [-0.05, 0) is 37.0 Å². The molecule has 0 spiro atoms. The van der Waals surface area contributed by atoms with Crippen LogP contribution in [-0.4, -0.2) is 15.9 Å². The number of aromatic nitrogens is 1. The van der Waals surface area contributed by atoms with Gasteiger partial charge in [-0.1, -0.05) is 12.8 Å². The summed E-state index contributed by atoms with van der Waals surface area (Å²) in [4.78, 5) is 14.1. The smallest absolute Gasteiger partial charge is 0.345 e. The summed E-state index contributed by atoms with van der Waals surface area (Å²) in [6.07, 6.45) is 6.42. The lowest BCUT2D eigenvalue weighted by atomic mass is 10.0. The molecule has 1 unspecified atom stereocenters. The molecule has 6 heteroatoms. The lowest BCUT2D eigenvalue weighted by Crippen LogP contribution is -2.23. The maximum absolute atomic E-state index is 10.5. The van der Waals surface area contributed by atoms with E-state index in [9.17, 15) is 10.1 Å². The Kier molecular flexibility index (Phi) is 3.38. The number of hydrogen-bond donors (Lipinski definition) is 1. The normalized spacial score (nSPS) is 18.6. The highest BCUT2D eigenvalue weighted by molar-refractivity contribution is 7.18. The number of anilines is 1. The molecule has 0 bridgehead atoms. The Balaban J connectivity index is 1.94. The van der Waals surface area contributed by atoms with Gasteiger partial charge in [-0.2, -0.15) is 0 Å². The van der Waals surface area contributed by atoms with Gasteiger partial charge in [-0.25, -0.2) is 4.98 Å². The van der Waals surface area contributed by atoms with Crippen molar-refractivity contribution in [3.63, 3.8) is 0 Å². The molecule has 0 aromatic carbocycles. The van der Waals surface area contributed by atoms with E-state index in [1.54, 1.807) is 0 Å². The minimum atomic E-state index is -0.400. The molecule has 1 aliphatic rings. The molecule has 16 heavy (non-hydrogen) atoms. The fourth-order valence-corrected chi connectivity index (χ4v) is 2.92. The average molecular weight is 241 g/mol. The standard InChI is InChI=1S/C10H15N3O2S/c1-7(8-4-2-3-5-8)12-10-11-6-9(16-10)13(14)15/h6-8H,2-5H2,1H3,(H,11,12). The van der Waals surface area contributed by atoms with Crippen molar-refractivity contribution in [1.29, 1.82) is 0 Å². The van der Waals surface area contributed by atoms with Crippen molar-refractivity contribution in [3.8, 4) is 0 Å². The monoisotopic (exact) mass is 241 g/mol. The van der Waals surface area contributed by atoms with Crippen LogP contribution >= 0.6 is 11.3 Å². The first-order valence-electron chi connectivity index (χ1n) is 5.53. The van der Waals surface area contributed by atoms with Gasteiger partial charge >= 0.3 is 5.00 Å². The van der Waals surface area contributed by atoms with Gasteiger partial charge in [0, 0.05) is 6.04 Å². The Labute approximate surface area is 98.0 Å². The van der Waals surface area contributed by atoms with Crippen LogP contribution in [0.2, 0.25) is 0 Å². The topological polar surface area (TPSA) is 68.1 Å². The molecule has 1 aromatic rings. The second-order valence-electron chi connectivity index (χ2n) is 4.24. The lowest BCUT2D eigenvalue weighted by molar-refractivity contribution is -0.380.